The first-order valence-electron chi connectivity index (χ1n) is 4.76. The van der Waals surface area contributed by atoms with Crippen molar-refractivity contribution >= 4 is 33.3 Å². The van der Waals surface area contributed by atoms with Crippen molar-refractivity contribution in [1.29, 1.82) is 5.26 Å². The van der Waals surface area contributed by atoms with Crippen molar-refractivity contribution in [2.24, 2.45) is 0 Å². The smallest absolute Gasteiger partial charge is 0.304 e. The van der Waals surface area contributed by atoms with Crippen LogP contribution in [0.3, 0.4) is 0 Å². The van der Waals surface area contributed by atoms with E-state index in [4.69, 9.17) is 22.0 Å². The van der Waals surface area contributed by atoms with E-state index in [9.17, 15) is 13.2 Å². The van der Waals surface area contributed by atoms with Crippen LogP contribution in [0, 0.1) is 11.3 Å². The summed E-state index contributed by atoms with van der Waals surface area (Å²) in [5.41, 5.74) is 0.412. The van der Waals surface area contributed by atoms with E-state index in [1.807, 2.05) is 6.07 Å². The van der Waals surface area contributed by atoms with Gasteiger partial charge in [0.25, 0.3) is 0 Å². The number of sulfonamides is 1. The third kappa shape index (κ3) is 4.24. The van der Waals surface area contributed by atoms with Crippen LogP contribution in [0.5, 0.6) is 0 Å². The summed E-state index contributed by atoms with van der Waals surface area (Å²) in [6.07, 6.45) is -0.487. The van der Waals surface area contributed by atoms with Crippen molar-refractivity contribution in [1.82, 2.24) is 0 Å². The van der Waals surface area contributed by atoms with Crippen LogP contribution in [0.1, 0.15) is 12.0 Å². The molecule has 0 amide bonds. The molecule has 0 unspecified atom stereocenters. The van der Waals surface area contributed by atoms with E-state index in [-0.39, 0.29) is 16.3 Å². The number of hydrogen-bond donors (Lipinski definition) is 2. The number of nitrogens with one attached hydrogen (secondary N) is 1. The highest BCUT2D eigenvalue weighted by molar-refractivity contribution is 7.92. The van der Waals surface area contributed by atoms with Gasteiger partial charge < -0.3 is 5.11 Å². The molecule has 1 rings (SSSR count). The van der Waals surface area contributed by atoms with Crippen LogP contribution in [0.4, 0.5) is 5.69 Å². The summed E-state index contributed by atoms with van der Waals surface area (Å²) < 4.78 is 25.2. The van der Waals surface area contributed by atoms with Gasteiger partial charge in [-0.05, 0) is 18.2 Å². The Hall–Kier alpha value is -1.78. The van der Waals surface area contributed by atoms with Crippen LogP contribution in [-0.4, -0.2) is 25.2 Å². The normalized spacial score (nSPS) is 10.7. The molecule has 0 aliphatic rings. The lowest BCUT2D eigenvalue weighted by atomic mass is 10.2. The molecule has 2 N–H and O–H groups in total. The van der Waals surface area contributed by atoms with E-state index in [2.05, 4.69) is 4.72 Å². The first kappa shape index (κ1) is 14.3. The topological polar surface area (TPSA) is 107 Å². The van der Waals surface area contributed by atoms with Crippen molar-refractivity contribution in [3.05, 3.63) is 28.8 Å². The first-order chi connectivity index (χ1) is 8.34. The van der Waals surface area contributed by atoms with Crippen LogP contribution in [-0.2, 0) is 14.8 Å². The van der Waals surface area contributed by atoms with Crippen molar-refractivity contribution in [3.8, 4) is 6.07 Å². The Kier molecular flexibility index (Phi) is 4.53. The number of rotatable bonds is 5. The van der Waals surface area contributed by atoms with Gasteiger partial charge in [0.15, 0.2) is 0 Å². The lowest BCUT2D eigenvalue weighted by Crippen LogP contribution is -2.18. The average Bonchev–Trinajstić information content (AvgIpc) is 2.26. The second-order valence-corrected chi connectivity index (χ2v) is 5.62. The van der Waals surface area contributed by atoms with Gasteiger partial charge in [0.2, 0.25) is 10.0 Å². The van der Waals surface area contributed by atoms with Crippen LogP contribution in [0.2, 0.25) is 5.02 Å². The molecule has 0 aromatic heterocycles. The number of carbonyl (C=O) groups is 1. The fourth-order valence-corrected chi connectivity index (χ4v) is 2.38. The Morgan fingerprint density at radius 3 is 2.67 bits per heavy atom. The van der Waals surface area contributed by atoms with E-state index < -0.39 is 28.2 Å². The highest BCUT2D eigenvalue weighted by Crippen LogP contribution is 2.21. The number of nitriles is 1. The molecule has 8 heteroatoms. The van der Waals surface area contributed by atoms with Crippen molar-refractivity contribution in [3.63, 3.8) is 0 Å². The molecule has 0 radical (unpaired) electrons. The fourth-order valence-electron chi connectivity index (χ4n) is 1.12. The number of carboxylic acids is 1. The molecule has 6 nitrogen and oxygen atoms in total. The average molecular weight is 289 g/mol. The Labute approximate surface area is 109 Å². The zero-order chi connectivity index (χ0) is 13.8. The highest BCUT2D eigenvalue weighted by Gasteiger charge is 2.13. The Morgan fingerprint density at radius 2 is 2.17 bits per heavy atom. The second kappa shape index (κ2) is 5.71. The van der Waals surface area contributed by atoms with E-state index in [0.29, 0.717) is 0 Å². The third-order valence-corrected chi connectivity index (χ3v) is 3.55. The number of aliphatic carboxylic acids is 1. The molecule has 0 atom stereocenters. The Bertz CT molecular complexity index is 607. The van der Waals surface area contributed by atoms with Gasteiger partial charge in [0, 0.05) is 0 Å². The van der Waals surface area contributed by atoms with Crippen molar-refractivity contribution < 1.29 is 18.3 Å². The highest BCUT2D eigenvalue weighted by atomic mass is 35.5. The number of anilines is 1. The number of carboxylic acid groups (broad SMARTS) is 1. The van der Waals surface area contributed by atoms with E-state index >= 15 is 0 Å². The van der Waals surface area contributed by atoms with Gasteiger partial charge in [-0.3, -0.25) is 9.52 Å². The molecule has 0 heterocycles. The minimum Gasteiger partial charge on any atom is -0.481 e. The molecule has 1 aromatic rings. The Balaban J connectivity index is 2.82. The molecule has 18 heavy (non-hydrogen) atoms. The molecule has 96 valence electrons. The van der Waals surface area contributed by atoms with Crippen molar-refractivity contribution in [2.45, 2.75) is 6.42 Å². The SMILES string of the molecule is N#Cc1ccc(NS(=O)(=O)CCC(=O)O)cc1Cl. The lowest BCUT2D eigenvalue weighted by molar-refractivity contribution is -0.136. The van der Waals surface area contributed by atoms with Crippen molar-refractivity contribution in [2.75, 3.05) is 10.5 Å². The summed E-state index contributed by atoms with van der Waals surface area (Å²) in [5.74, 6) is -1.72. The monoisotopic (exact) mass is 288 g/mol. The van der Waals surface area contributed by atoms with E-state index in [1.54, 1.807) is 0 Å². The molecule has 0 fully saturated rings. The first-order valence-corrected chi connectivity index (χ1v) is 6.79. The van der Waals surface area contributed by atoms with Gasteiger partial charge in [0.05, 0.1) is 28.4 Å². The summed E-state index contributed by atoms with van der Waals surface area (Å²) in [6.45, 7) is 0. The summed E-state index contributed by atoms with van der Waals surface area (Å²) in [4.78, 5) is 10.3. The van der Waals surface area contributed by atoms with Crippen LogP contribution in [0.25, 0.3) is 0 Å². The largest absolute Gasteiger partial charge is 0.481 e. The molecule has 0 saturated carbocycles. The third-order valence-electron chi connectivity index (χ3n) is 1.95. The van der Waals surface area contributed by atoms with Gasteiger partial charge in [0.1, 0.15) is 6.07 Å². The van der Waals surface area contributed by atoms with Gasteiger partial charge in [-0.15, -0.1) is 0 Å². The summed E-state index contributed by atoms with van der Waals surface area (Å²) >= 11 is 5.73. The van der Waals surface area contributed by atoms with Gasteiger partial charge in [-0.25, -0.2) is 8.42 Å². The van der Waals surface area contributed by atoms with E-state index in [0.717, 1.165) is 0 Å². The van der Waals surface area contributed by atoms with Crippen LogP contribution < -0.4 is 4.72 Å². The number of halogens is 1. The minimum atomic E-state index is -3.74. The number of nitrogens with zero attached hydrogens (tertiary/aromatic N) is 1. The molecule has 0 aliphatic carbocycles. The zero-order valence-corrected chi connectivity index (χ0v) is 10.6. The van der Waals surface area contributed by atoms with E-state index in [1.165, 1.54) is 18.2 Å². The summed E-state index contributed by atoms with van der Waals surface area (Å²) in [6, 6.07) is 5.88. The number of hydrogen-bond acceptors (Lipinski definition) is 4. The molecule has 0 saturated heterocycles. The molecule has 0 spiro atoms. The van der Waals surface area contributed by atoms with Crippen LogP contribution >= 0.6 is 11.6 Å². The maximum Gasteiger partial charge on any atom is 0.304 e. The molecule has 0 aliphatic heterocycles. The molecular formula is C10H9ClN2O4S. The summed E-state index contributed by atoms with van der Waals surface area (Å²) in [7, 11) is -3.74. The zero-order valence-electron chi connectivity index (χ0n) is 9.05. The molecule has 0 bridgehead atoms. The predicted octanol–water partition coefficient (Wildman–Crippen LogP) is 1.43. The lowest BCUT2D eigenvalue weighted by Gasteiger charge is -2.07. The minimum absolute atomic E-state index is 0.121. The predicted molar refractivity (Wildman–Crippen MR) is 65.8 cm³/mol. The quantitative estimate of drug-likeness (QED) is 0.852. The van der Waals surface area contributed by atoms with Crippen LogP contribution in [0.15, 0.2) is 18.2 Å². The van der Waals surface area contributed by atoms with Gasteiger partial charge >= 0.3 is 5.97 Å². The summed E-state index contributed by atoms with van der Waals surface area (Å²) in [5, 5.41) is 17.2. The number of benzene rings is 1. The Morgan fingerprint density at radius 1 is 1.50 bits per heavy atom. The fraction of sp³-hybridized carbons (Fsp3) is 0.200. The molecular weight excluding hydrogens is 280 g/mol. The second-order valence-electron chi connectivity index (χ2n) is 3.37. The maximum absolute atomic E-state index is 11.5. The maximum atomic E-state index is 11.5. The molecule has 1 aromatic carbocycles. The van der Waals surface area contributed by atoms with Gasteiger partial charge in [-0.1, -0.05) is 11.6 Å². The van der Waals surface area contributed by atoms with Gasteiger partial charge in [-0.2, -0.15) is 5.26 Å². The standard InChI is InChI=1S/C10H9ClN2O4S/c11-9-5-8(2-1-7(9)6-12)13-18(16,17)4-3-10(14)15/h1-2,5,13H,3-4H2,(H,14,15).